The number of halogens is 1. The molecule has 0 aliphatic carbocycles. The van der Waals surface area contributed by atoms with Crippen molar-refractivity contribution in [3.05, 3.63) is 6.92 Å². The van der Waals surface area contributed by atoms with E-state index in [1.54, 1.807) is 0 Å². The summed E-state index contributed by atoms with van der Waals surface area (Å²) in [6, 6.07) is 0. The van der Waals surface area contributed by atoms with Gasteiger partial charge in [-0.25, -0.2) is 8.42 Å². The van der Waals surface area contributed by atoms with Crippen LogP contribution in [0.3, 0.4) is 0 Å². The van der Waals surface area contributed by atoms with E-state index in [2.05, 4.69) is 6.92 Å². The largest absolute Gasteiger partial charge is 0.232 e. The second-order valence-electron chi connectivity index (χ2n) is 2.07. The van der Waals surface area contributed by atoms with Crippen LogP contribution in [0, 0.1) is 6.92 Å². The zero-order chi connectivity index (χ0) is 8.15. The minimum absolute atomic E-state index is 0.279. The van der Waals surface area contributed by atoms with Gasteiger partial charge >= 0.3 is 0 Å². The van der Waals surface area contributed by atoms with Crippen LogP contribution < -0.4 is 0 Å². The van der Waals surface area contributed by atoms with E-state index in [1.807, 2.05) is 6.92 Å². The molecule has 10 heavy (non-hydrogen) atoms. The standard InChI is InChI=1S/C6H12ClO2S/c1-3-5(7)6(4-2)10(8)9/h5-6,10H,2-4H2,1H3. The minimum Gasteiger partial charge on any atom is -0.232 e. The van der Waals surface area contributed by atoms with Crippen molar-refractivity contribution in [1.29, 1.82) is 0 Å². The first-order valence-corrected chi connectivity index (χ1v) is 4.88. The molecular formula is C6H12ClO2S. The Bertz CT molecular complexity index is 148. The minimum atomic E-state index is -2.40. The number of alkyl halides is 1. The predicted molar refractivity (Wildman–Crippen MR) is 44.0 cm³/mol. The van der Waals surface area contributed by atoms with Crippen molar-refractivity contribution in [2.75, 3.05) is 0 Å². The molecule has 2 unspecified atom stereocenters. The van der Waals surface area contributed by atoms with Crippen molar-refractivity contribution in [3.63, 3.8) is 0 Å². The van der Waals surface area contributed by atoms with Crippen molar-refractivity contribution in [1.82, 2.24) is 0 Å². The Hall–Kier alpha value is 0.240. The Balaban J connectivity index is 4.06. The third-order valence-electron chi connectivity index (χ3n) is 1.37. The molecule has 0 amide bonds. The molecule has 0 bridgehead atoms. The molecule has 0 rings (SSSR count). The van der Waals surface area contributed by atoms with Gasteiger partial charge in [0, 0.05) is 5.38 Å². The van der Waals surface area contributed by atoms with Gasteiger partial charge < -0.3 is 0 Å². The van der Waals surface area contributed by atoms with Gasteiger partial charge in [-0.2, -0.15) is 0 Å². The van der Waals surface area contributed by atoms with Gasteiger partial charge in [-0.05, 0) is 12.8 Å². The van der Waals surface area contributed by atoms with E-state index < -0.39 is 16.0 Å². The topological polar surface area (TPSA) is 34.1 Å². The van der Waals surface area contributed by atoms with Gasteiger partial charge in [-0.1, -0.05) is 13.8 Å². The summed E-state index contributed by atoms with van der Waals surface area (Å²) in [4.78, 5) is 0. The maximum atomic E-state index is 10.4. The molecule has 2 nitrogen and oxygen atoms in total. The maximum absolute atomic E-state index is 10.4. The quantitative estimate of drug-likeness (QED) is 0.525. The number of thiol groups is 1. The van der Waals surface area contributed by atoms with Crippen molar-refractivity contribution in [2.24, 2.45) is 0 Å². The normalized spacial score (nSPS) is 17.2. The van der Waals surface area contributed by atoms with Gasteiger partial charge in [0.1, 0.15) is 10.7 Å². The highest BCUT2D eigenvalue weighted by Gasteiger charge is 2.17. The lowest BCUT2D eigenvalue weighted by atomic mass is 10.2. The molecule has 0 N–H and O–H groups in total. The molecule has 0 saturated heterocycles. The van der Waals surface area contributed by atoms with Crippen LogP contribution in [0.15, 0.2) is 0 Å². The molecule has 0 aliphatic rings. The highest BCUT2D eigenvalue weighted by Crippen LogP contribution is 2.12. The molecule has 0 aliphatic heterocycles. The molecule has 0 aromatic carbocycles. The van der Waals surface area contributed by atoms with Crippen LogP contribution in [0.25, 0.3) is 0 Å². The first-order chi connectivity index (χ1) is 4.63. The van der Waals surface area contributed by atoms with Crippen LogP contribution >= 0.6 is 11.6 Å². The van der Waals surface area contributed by atoms with Crippen LogP contribution in [-0.2, 0) is 10.7 Å². The van der Waals surface area contributed by atoms with Crippen molar-refractivity contribution >= 4 is 22.3 Å². The van der Waals surface area contributed by atoms with Crippen LogP contribution in [0.2, 0.25) is 0 Å². The van der Waals surface area contributed by atoms with E-state index in [-0.39, 0.29) is 5.38 Å². The van der Waals surface area contributed by atoms with Gasteiger partial charge in [0.2, 0.25) is 0 Å². The first kappa shape index (κ1) is 10.2. The molecule has 0 heterocycles. The zero-order valence-corrected chi connectivity index (χ0v) is 7.57. The molecule has 4 heteroatoms. The van der Waals surface area contributed by atoms with Crippen LogP contribution in [0.5, 0.6) is 0 Å². The molecular weight excluding hydrogens is 172 g/mol. The molecule has 0 spiro atoms. The number of rotatable bonds is 4. The second kappa shape index (κ2) is 4.97. The zero-order valence-electron chi connectivity index (χ0n) is 5.92. The monoisotopic (exact) mass is 183 g/mol. The summed E-state index contributed by atoms with van der Waals surface area (Å²) in [6.45, 7) is 5.37. The average molecular weight is 184 g/mol. The summed E-state index contributed by atoms with van der Waals surface area (Å²) in [6.07, 6.45) is 1.03. The van der Waals surface area contributed by atoms with E-state index in [4.69, 9.17) is 11.6 Å². The van der Waals surface area contributed by atoms with E-state index in [9.17, 15) is 8.42 Å². The average Bonchev–Trinajstić information content (AvgIpc) is 1.88. The molecule has 0 saturated carbocycles. The van der Waals surface area contributed by atoms with Crippen molar-refractivity contribution in [3.8, 4) is 0 Å². The smallest absolute Gasteiger partial charge is 0.144 e. The fraction of sp³-hybridized carbons (Fsp3) is 0.833. The number of hydrogen-bond donors (Lipinski definition) is 1. The summed E-state index contributed by atoms with van der Waals surface area (Å²) in [5.74, 6) is 0. The fourth-order valence-electron chi connectivity index (χ4n) is 0.690. The molecule has 2 atom stereocenters. The molecule has 61 valence electrons. The Morgan fingerprint density at radius 1 is 1.60 bits per heavy atom. The second-order valence-corrected chi connectivity index (χ2v) is 3.86. The molecule has 0 fully saturated rings. The van der Waals surface area contributed by atoms with Gasteiger partial charge in [0.05, 0.1) is 5.25 Å². The summed E-state index contributed by atoms with van der Waals surface area (Å²) < 4.78 is 20.9. The Morgan fingerprint density at radius 2 is 2.10 bits per heavy atom. The number of hydrogen-bond acceptors (Lipinski definition) is 2. The lowest BCUT2D eigenvalue weighted by Crippen LogP contribution is -2.21. The van der Waals surface area contributed by atoms with Crippen LogP contribution in [0.4, 0.5) is 0 Å². The Labute approximate surface area is 68.5 Å². The predicted octanol–water partition coefficient (Wildman–Crippen LogP) is 1.21. The summed E-state index contributed by atoms with van der Waals surface area (Å²) in [5, 5.41) is -0.736. The van der Waals surface area contributed by atoms with E-state index >= 15 is 0 Å². The van der Waals surface area contributed by atoms with Crippen molar-refractivity contribution in [2.45, 2.75) is 30.4 Å². The highest BCUT2D eigenvalue weighted by atomic mass is 35.5. The fourth-order valence-corrected chi connectivity index (χ4v) is 1.78. The third-order valence-corrected chi connectivity index (χ3v) is 3.32. The van der Waals surface area contributed by atoms with E-state index in [1.165, 1.54) is 0 Å². The molecule has 1 radical (unpaired) electrons. The lowest BCUT2D eigenvalue weighted by molar-refractivity contribution is 0.590. The van der Waals surface area contributed by atoms with Gasteiger partial charge in [0.25, 0.3) is 0 Å². The summed E-state index contributed by atoms with van der Waals surface area (Å²) in [7, 11) is -2.40. The van der Waals surface area contributed by atoms with E-state index in [0.29, 0.717) is 12.8 Å². The van der Waals surface area contributed by atoms with Gasteiger partial charge in [-0.15, -0.1) is 11.6 Å². The lowest BCUT2D eigenvalue weighted by Gasteiger charge is -2.11. The Kier molecular flexibility index (Phi) is 5.09. The summed E-state index contributed by atoms with van der Waals surface area (Å²) >= 11 is 5.70. The first-order valence-electron chi connectivity index (χ1n) is 3.20. The highest BCUT2D eigenvalue weighted by molar-refractivity contribution is 7.73. The summed E-state index contributed by atoms with van der Waals surface area (Å²) in [5.41, 5.74) is 0. The van der Waals surface area contributed by atoms with Crippen molar-refractivity contribution < 1.29 is 8.42 Å². The maximum Gasteiger partial charge on any atom is 0.144 e. The van der Waals surface area contributed by atoms with Gasteiger partial charge in [0.15, 0.2) is 0 Å². The van der Waals surface area contributed by atoms with Gasteiger partial charge in [-0.3, -0.25) is 0 Å². The molecule has 0 aromatic heterocycles. The van der Waals surface area contributed by atoms with Crippen LogP contribution in [0.1, 0.15) is 19.8 Å². The van der Waals surface area contributed by atoms with Crippen LogP contribution in [-0.4, -0.2) is 19.0 Å². The third kappa shape index (κ3) is 2.88. The SMILES string of the molecule is [CH2]CC(C(Cl)CC)[SH](=O)=O. The molecule has 0 aromatic rings. The Morgan fingerprint density at radius 3 is 2.20 bits per heavy atom. The van der Waals surface area contributed by atoms with E-state index in [0.717, 1.165) is 0 Å².